The predicted octanol–water partition coefficient (Wildman–Crippen LogP) is 4.26. The van der Waals surface area contributed by atoms with Gasteiger partial charge >= 0.3 is 0 Å². The quantitative estimate of drug-likeness (QED) is 0.893. The van der Waals surface area contributed by atoms with Crippen molar-refractivity contribution in [3.05, 3.63) is 29.6 Å². The van der Waals surface area contributed by atoms with Crippen LogP contribution in [0.1, 0.15) is 51.5 Å². The lowest BCUT2D eigenvalue weighted by molar-refractivity contribution is -0.0319. The van der Waals surface area contributed by atoms with Crippen molar-refractivity contribution in [3.63, 3.8) is 0 Å². The van der Waals surface area contributed by atoms with Crippen LogP contribution in [0.2, 0.25) is 0 Å². The minimum atomic E-state index is -1.17. The maximum atomic E-state index is 14.2. The molecule has 0 aliphatic heterocycles. The standard InChI is InChI=1S/C17H25FO2/c1-4-12-8-10-13(11-9-12)17(2,19)16-14(18)6-5-7-15(16)20-3/h5-7,12-13,19H,4,8-11H2,1-3H3. The van der Waals surface area contributed by atoms with Crippen molar-refractivity contribution >= 4 is 0 Å². The summed E-state index contributed by atoms with van der Waals surface area (Å²) in [6.45, 7) is 3.94. The molecule has 2 rings (SSSR count). The van der Waals surface area contributed by atoms with Crippen LogP contribution in [0, 0.1) is 17.7 Å². The lowest BCUT2D eigenvalue weighted by atomic mass is 9.71. The lowest BCUT2D eigenvalue weighted by Gasteiger charge is -2.38. The molecule has 0 radical (unpaired) electrons. The van der Waals surface area contributed by atoms with Crippen molar-refractivity contribution in [2.24, 2.45) is 11.8 Å². The van der Waals surface area contributed by atoms with Gasteiger partial charge in [-0.3, -0.25) is 0 Å². The summed E-state index contributed by atoms with van der Waals surface area (Å²) in [4.78, 5) is 0. The molecule has 1 atom stereocenters. The van der Waals surface area contributed by atoms with Crippen LogP contribution >= 0.6 is 0 Å². The molecule has 112 valence electrons. The second-order valence-corrected chi connectivity index (χ2v) is 6.09. The van der Waals surface area contributed by atoms with Crippen LogP contribution < -0.4 is 4.74 Å². The highest BCUT2D eigenvalue weighted by Gasteiger charge is 2.39. The number of methoxy groups -OCH3 is 1. The molecule has 2 nitrogen and oxygen atoms in total. The Kier molecular flexibility index (Phi) is 4.69. The van der Waals surface area contributed by atoms with E-state index >= 15 is 0 Å². The third kappa shape index (κ3) is 2.83. The third-order valence-electron chi connectivity index (χ3n) is 4.92. The number of halogens is 1. The zero-order valence-corrected chi connectivity index (χ0v) is 12.7. The summed E-state index contributed by atoms with van der Waals surface area (Å²) < 4.78 is 19.4. The predicted molar refractivity (Wildman–Crippen MR) is 78.3 cm³/mol. The molecule has 1 aliphatic carbocycles. The molecular weight excluding hydrogens is 255 g/mol. The fraction of sp³-hybridized carbons (Fsp3) is 0.647. The number of benzene rings is 1. The van der Waals surface area contributed by atoms with Crippen LogP contribution in [0.5, 0.6) is 5.75 Å². The van der Waals surface area contributed by atoms with Crippen molar-refractivity contribution < 1.29 is 14.2 Å². The molecule has 1 aromatic rings. The Bertz CT molecular complexity index is 448. The molecule has 1 fully saturated rings. The van der Waals surface area contributed by atoms with E-state index in [0.29, 0.717) is 11.3 Å². The van der Waals surface area contributed by atoms with Gasteiger partial charge in [0, 0.05) is 0 Å². The monoisotopic (exact) mass is 280 g/mol. The van der Waals surface area contributed by atoms with Crippen LogP contribution in [-0.4, -0.2) is 12.2 Å². The Balaban J connectivity index is 2.27. The van der Waals surface area contributed by atoms with Crippen molar-refractivity contribution in [2.75, 3.05) is 7.11 Å². The number of hydrogen-bond acceptors (Lipinski definition) is 2. The van der Waals surface area contributed by atoms with Gasteiger partial charge in [-0.05, 0) is 43.7 Å². The van der Waals surface area contributed by atoms with Gasteiger partial charge in [0.1, 0.15) is 11.6 Å². The Morgan fingerprint density at radius 1 is 1.30 bits per heavy atom. The highest BCUT2D eigenvalue weighted by atomic mass is 19.1. The van der Waals surface area contributed by atoms with Crippen molar-refractivity contribution in [1.29, 1.82) is 0 Å². The van der Waals surface area contributed by atoms with Crippen LogP contribution in [0.25, 0.3) is 0 Å². The Morgan fingerprint density at radius 3 is 2.50 bits per heavy atom. The molecule has 3 heteroatoms. The van der Waals surface area contributed by atoms with E-state index in [1.54, 1.807) is 19.1 Å². The Labute approximate surface area is 121 Å². The molecule has 0 bridgehead atoms. The molecular formula is C17H25FO2. The van der Waals surface area contributed by atoms with E-state index in [2.05, 4.69) is 6.92 Å². The molecule has 1 unspecified atom stereocenters. The first-order valence-corrected chi connectivity index (χ1v) is 7.56. The molecule has 1 saturated carbocycles. The van der Waals surface area contributed by atoms with Gasteiger partial charge < -0.3 is 9.84 Å². The molecule has 0 heterocycles. The molecule has 0 aromatic heterocycles. The Morgan fingerprint density at radius 2 is 1.95 bits per heavy atom. The first-order valence-electron chi connectivity index (χ1n) is 7.56. The maximum Gasteiger partial charge on any atom is 0.133 e. The SMILES string of the molecule is CCC1CCC(C(C)(O)c2c(F)cccc2OC)CC1. The molecule has 0 saturated heterocycles. The summed E-state index contributed by atoms with van der Waals surface area (Å²) in [5, 5.41) is 10.9. The maximum absolute atomic E-state index is 14.2. The molecule has 1 aliphatic rings. The van der Waals surface area contributed by atoms with Gasteiger partial charge in [0.25, 0.3) is 0 Å². The second kappa shape index (κ2) is 6.13. The summed E-state index contributed by atoms with van der Waals surface area (Å²) in [7, 11) is 1.52. The van der Waals surface area contributed by atoms with Gasteiger partial charge in [0.2, 0.25) is 0 Å². The first-order chi connectivity index (χ1) is 9.50. The molecule has 1 N–H and O–H groups in total. The normalized spacial score (nSPS) is 26.1. The topological polar surface area (TPSA) is 29.5 Å². The lowest BCUT2D eigenvalue weighted by Crippen LogP contribution is -2.36. The molecule has 20 heavy (non-hydrogen) atoms. The van der Waals surface area contributed by atoms with Crippen molar-refractivity contribution in [3.8, 4) is 5.75 Å². The van der Waals surface area contributed by atoms with E-state index in [1.165, 1.54) is 19.6 Å². The van der Waals surface area contributed by atoms with E-state index < -0.39 is 5.60 Å². The number of rotatable bonds is 4. The molecule has 0 spiro atoms. The smallest absolute Gasteiger partial charge is 0.133 e. The van der Waals surface area contributed by atoms with Crippen LogP contribution in [0.15, 0.2) is 18.2 Å². The van der Waals surface area contributed by atoms with E-state index in [1.807, 2.05) is 0 Å². The molecule has 0 amide bonds. The summed E-state index contributed by atoms with van der Waals surface area (Å²) in [6, 6.07) is 4.72. The number of hydrogen-bond donors (Lipinski definition) is 1. The summed E-state index contributed by atoms with van der Waals surface area (Å²) in [5.74, 6) is 0.903. The second-order valence-electron chi connectivity index (χ2n) is 6.09. The average Bonchev–Trinajstić information content (AvgIpc) is 2.46. The minimum absolute atomic E-state index is 0.0936. The van der Waals surface area contributed by atoms with Crippen LogP contribution in [0.4, 0.5) is 4.39 Å². The van der Waals surface area contributed by atoms with Gasteiger partial charge in [-0.25, -0.2) is 4.39 Å². The van der Waals surface area contributed by atoms with Gasteiger partial charge in [-0.1, -0.05) is 32.3 Å². The first kappa shape index (κ1) is 15.3. The number of aliphatic hydroxyl groups is 1. The zero-order chi connectivity index (χ0) is 14.8. The largest absolute Gasteiger partial charge is 0.496 e. The third-order valence-corrected chi connectivity index (χ3v) is 4.92. The summed E-state index contributed by atoms with van der Waals surface area (Å²) >= 11 is 0. The van der Waals surface area contributed by atoms with E-state index in [4.69, 9.17) is 4.74 Å². The van der Waals surface area contributed by atoms with E-state index in [9.17, 15) is 9.50 Å². The van der Waals surface area contributed by atoms with Gasteiger partial charge in [0.05, 0.1) is 18.3 Å². The molecule has 1 aromatic carbocycles. The van der Waals surface area contributed by atoms with Gasteiger partial charge in [0.15, 0.2) is 0 Å². The Hall–Kier alpha value is -1.09. The van der Waals surface area contributed by atoms with Crippen LogP contribution in [0.3, 0.4) is 0 Å². The fourth-order valence-corrected chi connectivity index (χ4v) is 3.50. The van der Waals surface area contributed by atoms with E-state index in [-0.39, 0.29) is 11.7 Å². The highest BCUT2D eigenvalue weighted by molar-refractivity contribution is 5.39. The highest BCUT2D eigenvalue weighted by Crippen LogP contribution is 2.44. The van der Waals surface area contributed by atoms with Crippen molar-refractivity contribution in [1.82, 2.24) is 0 Å². The summed E-state index contributed by atoms with van der Waals surface area (Å²) in [6.07, 6.45) is 5.33. The number of ether oxygens (including phenoxy) is 1. The van der Waals surface area contributed by atoms with E-state index in [0.717, 1.165) is 31.6 Å². The fourth-order valence-electron chi connectivity index (χ4n) is 3.50. The summed E-state index contributed by atoms with van der Waals surface area (Å²) in [5.41, 5.74) is -0.863. The van der Waals surface area contributed by atoms with Crippen LogP contribution in [-0.2, 0) is 5.60 Å². The van der Waals surface area contributed by atoms with Crippen molar-refractivity contribution in [2.45, 2.75) is 51.6 Å². The minimum Gasteiger partial charge on any atom is -0.496 e. The average molecular weight is 280 g/mol. The van der Waals surface area contributed by atoms with Gasteiger partial charge in [-0.15, -0.1) is 0 Å². The zero-order valence-electron chi connectivity index (χ0n) is 12.7. The van der Waals surface area contributed by atoms with Gasteiger partial charge in [-0.2, -0.15) is 0 Å².